The Kier molecular flexibility index (Phi) is 6.87. The lowest BCUT2D eigenvalue weighted by Gasteiger charge is -2.36. The van der Waals surface area contributed by atoms with Gasteiger partial charge in [0.15, 0.2) is 0 Å². The van der Waals surface area contributed by atoms with Gasteiger partial charge in [-0.05, 0) is 60.2 Å². The standard InChI is InChI=1S/C26H24ClN3O2/c27-22-9-6-20(7-10-22)8-15-25(31)28-23-11-13-24(14-12-23)29-16-18-30(19-17-29)26(32)21-4-2-1-3-5-21/h1-15H,16-19H2,(H,28,31). The van der Waals surface area contributed by atoms with Crippen LogP contribution in [0.15, 0.2) is 84.9 Å². The maximum atomic E-state index is 12.6. The Bertz CT molecular complexity index is 1090. The van der Waals surface area contributed by atoms with Crippen LogP contribution in [0.5, 0.6) is 0 Å². The zero-order valence-electron chi connectivity index (χ0n) is 17.6. The van der Waals surface area contributed by atoms with E-state index in [1.54, 1.807) is 18.2 Å². The van der Waals surface area contributed by atoms with Crippen molar-refractivity contribution in [1.82, 2.24) is 4.90 Å². The van der Waals surface area contributed by atoms with Gasteiger partial charge in [0.05, 0.1) is 0 Å². The first-order valence-electron chi connectivity index (χ1n) is 10.5. The van der Waals surface area contributed by atoms with Crippen LogP contribution in [0.4, 0.5) is 11.4 Å². The minimum absolute atomic E-state index is 0.0787. The van der Waals surface area contributed by atoms with E-state index in [0.29, 0.717) is 18.1 Å². The number of rotatable bonds is 5. The number of anilines is 2. The highest BCUT2D eigenvalue weighted by atomic mass is 35.5. The van der Waals surface area contributed by atoms with Crippen molar-refractivity contribution in [3.05, 3.63) is 101 Å². The van der Waals surface area contributed by atoms with Crippen molar-refractivity contribution in [2.24, 2.45) is 0 Å². The van der Waals surface area contributed by atoms with Crippen molar-refractivity contribution in [2.45, 2.75) is 0 Å². The molecule has 0 unspecified atom stereocenters. The molecule has 0 spiro atoms. The molecule has 0 radical (unpaired) electrons. The van der Waals surface area contributed by atoms with Gasteiger partial charge in [-0.1, -0.05) is 41.9 Å². The van der Waals surface area contributed by atoms with Crippen LogP contribution >= 0.6 is 11.6 Å². The highest BCUT2D eigenvalue weighted by molar-refractivity contribution is 6.30. The zero-order valence-corrected chi connectivity index (χ0v) is 18.3. The van der Waals surface area contributed by atoms with Gasteiger partial charge in [0.2, 0.25) is 5.91 Å². The van der Waals surface area contributed by atoms with E-state index >= 15 is 0 Å². The lowest BCUT2D eigenvalue weighted by Crippen LogP contribution is -2.48. The molecule has 1 aliphatic rings. The van der Waals surface area contributed by atoms with Crippen LogP contribution in [0.25, 0.3) is 6.08 Å². The molecule has 32 heavy (non-hydrogen) atoms. The van der Waals surface area contributed by atoms with E-state index < -0.39 is 0 Å². The van der Waals surface area contributed by atoms with Gasteiger partial charge in [0.25, 0.3) is 5.91 Å². The Labute approximate surface area is 192 Å². The quantitative estimate of drug-likeness (QED) is 0.565. The SMILES string of the molecule is O=C(C=Cc1ccc(Cl)cc1)Nc1ccc(N2CCN(C(=O)c3ccccc3)CC2)cc1. The zero-order chi connectivity index (χ0) is 22.3. The smallest absolute Gasteiger partial charge is 0.253 e. The van der Waals surface area contributed by atoms with Gasteiger partial charge in [-0.3, -0.25) is 9.59 Å². The minimum Gasteiger partial charge on any atom is -0.368 e. The summed E-state index contributed by atoms with van der Waals surface area (Å²) in [6.45, 7) is 2.91. The fraction of sp³-hybridized carbons (Fsp3) is 0.154. The summed E-state index contributed by atoms with van der Waals surface area (Å²) in [5.41, 5.74) is 3.44. The Morgan fingerprint density at radius 2 is 1.47 bits per heavy atom. The average molecular weight is 446 g/mol. The number of carbonyl (C=O) groups excluding carboxylic acids is 2. The molecular weight excluding hydrogens is 422 g/mol. The number of halogens is 1. The predicted octanol–water partition coefficient (Wildman–Crippen LogP) is 4.95. The van der Waals surface area contributed by atoms with Crippen LogP contribution in [-0.4, -0.2) is 42.9 Å². The van der Waals surface area contributed by atoms with Crippen LogP contribution < -0.4 is 10.2 Å². The van der Waals surface area contributed by atoms with E-state index in [0.717, 1.165) is 35.6 Å². The van der Waals surface area contributed by atoms with E-state index in [-0.39, 0.29) is 11.8 Å². The van der Waals surface area contributed by atoms with Gasteiger partial charge in [-0.25, -0.2) is 0 Å². The van der Waals surface area contributed by atoms with Gasteiger partial charge in [-0.15, -0.1) is 0 Å². The van der Waals surface area contributed by atoms with Crippen molar-refractivity contribution in [3.63, 3.8) is 0 Å². The molecule has 0 aliphatic carbocycles. The molecule has 0 bridgehead atoms. The Hall–Kier alpha value is -3.57. The molecule has 1 N–H and O–H groups in total. The number of nitrogens with one attached hydrogen (secondary N) is 1. The summed E-state index contributed by atoms with van der Waals surface area (Å²) in [6.07, 6.45) is 3.25. The molecule has 6 heteroatoms. The molecule has 0 aromatic heterocycles. The third kappa shape index (κ3) is 5.56. The predicted molar refractivity (Wildman–Crippen MR) is 130 cm³/mol. The van der Waals surface area contributed by atoms with Gasteiger partial charge in [0.1, 0.15) is 0 Å². The molecule has 0 saturated carbocycles. The number of amides is 2. The third-order valence-electron chi connectivity index (χ3n) is 5.38. The van der Waals surface area contributed by atoms with Gasteiger partial charge in [-0.2, -0.15) is 0 Å². The normalized spacial score (nSPS) is 13.9. The molecule has 1 aliphatic heterocycles. The van der Waals surface area contributed by atoms with Crippen LogP contribution in [0, 0.1) is 0 Å². The molecule has 1 heterocycles. The van der Waals surface area contributed by atoms with Crippen LogP contribution in [0.3, 0.4) is 0 Å². The molecule has 3 aromatic rings. The lowest BCUT2D eigenvalue weighted by atomic mass is 10.1. The van der Waals surface area contributed by atoms with Crippen LogP contribution in [-0.2, 0) is 4.79 Å². The molecule has 162 valence electrons. The van der Waals surface area contributed by atoms with Crippen molar-refractivity contribution in [2.75, 3.05) is 36.4 Å². The Morgan fingerprint density at radius 1 is 0.812 bits per heavy atom. The van der Waals surface area contributed by atoms with Crippen LogP contribution in [0.1, 0.15) is 15.9 Å². The van der Waals surface area contributed by atoms with Crippen LogP contribution in [0.2, 0.25) is 5.02 Å². The number of hydrogen-bond donors (Lipinski definition) is 1. The van der Waals surface area contributed by atoms with E-state index in [1.165, 1.54) is 6.08 Å². The number of carbonyl (C=O) groups is 2. The lowest BCUT2D eigenvalue weighted by molar-refractivity contribution is -0.111. The molecule has 1 fully saturated rings. The fourth-order valence-corrected chi connectivity index (χ4v) is 3.74. The summed E-state index contributed by atoms with van der Waals surface area (Å²) in [5.74, 6) is -0.115. The maximum absolute atomic E-state index is 12.6. The summed E-state index contributed by atoms with van der Waals surface area (Å²) in [5, 5.41) is 3.53. The minimum atomic E-state index is -0.194. The average Bonchev–Trinajstić information content (AvgIpc) is 2.84. The summed E-state index contributed by atoms with van der Waals surface area (Å²) in [6, 6.07) is 24.5. The van der Waals surface area contributed by atoms with E-state index in [1.807, 2.05) is 71.6 Å². The summed E-state index contributed by atoms with van der Waals surface area (Å²) < 4.78 is 0. The van der Waals surface area contributed by atoms with E-state index in [4.69, 9.17) is 11.6 Å². The number of hydrogen-bond acceptors (Lipinski definition) is 3. The second-order valence-corrected chi connectivity index (χ2v) is 8.00. The van der Waals surface area contributed by atoms with Crippen molar-refractivity contribution in [1.29, 1.82) is 0 Å². The maximum Gasteiger partial charge on any atom is 0.253 e. The Balaban J connectivity index is 1.29. The first-order chi connectivity index (χ1) is 15.6. The highest BCUT2D eigenvalue weighted by Gasteiger charge is 2.22. The number of benzene rings is 3. The van der Waals surface area contributed by atoms with Gasteiger partial charge in [0, 0.05) is 54.2 Å². The summed E-state index contributed by atoms with van der Waals surface area (Å²) >= 11 is 5.87. The summed E-state index contributed by atoms with van der Waals surface area (Å²) in [7, 11) is 0. The second kappa shape index (κ2) is 10.2. The highest BCUT2D eigenvalue weighted by Crippen LogP contribution is 2.20. The second-order valence-electron chi connectivity index (χ2n) is 7.57. The monoisotopic (exact) mass is 445 g/mol. The number of nitrogens with zero attached hydrogens (tertiary/aromatic N) is 2. The molecule has 4 rings (SSSR count). The molecule has 0 atom stereocenters. The van der Waals surface area contributed by atoms with Crippen molar-refractivity contribution < 1.29 is 9.59 Å². The molecule has 5 nitrogen and oxygen atoms in total. The van der Waals surface area contributed by atoms with E-state index in [2.05, 4.69) is 10.2 Å². The Morgan fingerprint density at radius 3 is 2.12 bits per heavy atom. The third-order valence-corrected chi connectivity index (χ3v) is 5.64. The van der Waals surface area contributed by atoms with E-state index in [9.17, 15) is 9.59 Å². The molecule has 1 saturated heterocycles. The van der Waals surface area contributed by atoms with Gasteiger partial charge < -0.3 is 15.1 Å². The number of piperazine rings is 1. The first kappa shape index (κ1) is 21.7. The topological polar surface area (TPSA) is 52.7 Å². The molecule has 3 aromatic carbocycles. The molecular formula is C26H24ClN3O2. The van der Waals surface area contributed by atoms with Crippen molar-refractivity contribution in [3.8, 4) is 0 Å². The first-order valence-corrected chi connectivity index (χ1v) is 10.9. The fourth-order valence-electron chi connectivity index (χ4n) is 3.62. The summed E-state index contributed by atoms with van der Waals surface area (Å²) in [4.78, 5) is 28.9. The molecule has 2 amide bonds. The largest absolute Gasteiger partial charge is 0.368 e. The van der Waals surface area contributed by atoms with Crippen molar-refractivity contribution >= 4 is 40.9 Å². The van der Waals surface area contributed by atoms with Gasteiger partial charge >= 0.3 is 0 Å².